The SMILES string of the molecule is c1ccc(-n2c3ccccc3c3ccc(Oc4ccc5c6ccccc6n6c(-c7c(C8CCCCC8)cccc7C7CCCCC7)cnc6c5n4)cc32)nc1. The van der Waals surface area contributed by atoms with Crippen molar-refractivity contribution in [3.8, 4) is 28.7 Å². The van der Waals surface area contributed by atoms with Crippen molar-refractivity contribution >= 4 is 49.3 Å². The van der Waals surface area contributed by atoms with Crippen LogP contribution in [0, 0.1) is 0 Å². The quantitative estimate of drug-likeness (QED) is 0.161. The number of imidazole rings is 1. The number of hydrogen-bond acceptors (Lipinski definition) is 4. The fraction of sp³-hybridized carbons (Fsp3) is 0.245. The topological polar surface area (TPSA) is 57.2 Å². The first-order valence-electron chi connectivity index (χ1n) is 20.2. The zero-order valence-corrected chi connectivity index (χ0v) is 31.0. The summed E-state index contributed by atoms with van der Waals surface area (Å²) < 4.78 is 11.3. The van der Waals surface area contributed by atoms with Crippen molar-refractivity contribution in [1.29, 1.82) is 0 Å². The number of ether oxygens (including phenoxy) is 1. The molecule has 0 atom stereocenters. The number of aromatic nitrogens is 5. The molecule has 2 aliphatic carbocycles. The van der Waals surface area contributed by atoms with Crippen LogP contribution in [-0.4, -0.2) is 23.9 Å². The largest absolute Gasteiger partial charge is 0.439 e. The van der Waals surface area contributed by atoms with Gasteiger partial charge in [-0.2, -0.15) is 0 Å². The van der Waals surface area contributed by atoms with Gasteiger partial charge in [0.15, 0.2) is 5.65 Å². The van der Waals surface area contributed by atoms with E-state index in [1.165, 1.54) is 97.4 Å². The van der Waals surface area contributed by atoms with Gasteiger partial charge in [-0.1, -0.05) is 99.2 Å². The number of hydrogen-bond donors (Lipinski definition) is 0. The standard InChI is InChI=1S/C49H43N5O/c1-3-14-32(15-4-1)35-20-13-21-36(33-16-5-2-6-17-33)47(35)44-31-51-49-48-40(38-19-8-10-23-42(38)54(44)49)27-28-46(52-48)55-34-25-26-39-37-18-7-9-22-41(37)53(43(39)30-34)45-24-11-12-29-50-45/h7-13,18-33H,1-6,14-17H2. The number of pyridine rings is 3. The molecule has 5 heterocycles. The first-order valence-corrected chi connectivity index (χ1v) is 20.2. The minimum absolute atomic E-state index is 0.541. The lowest BCUT2D eigenvalue weighted by Gasteiger charge is -2.29. The summed E-state index contributed by atoms with van der Waals surface area (Å²) in [6.07, 6.45) is 16.9. The van der Waals surface area contributed by atoms with Gasteiger partial charge in [-0.25, -0.2) is 15.0 Å². The van der Waals surface area contributed by atoms with E-state index in [0.29, 0.717) is 17.7 Å². The molecule has 2 fully saturated rings. The monoisotopic (exact) mass is 717 g/mol. The van der Waals surface area contributed by atoms with E-state index in [0.717, 1.165) is 50.1 Å². The van der Waals surface area contributed by atoms with Crippen LogP contribution in [0.5, 0.6) is 11.6 Å². The zero-order chi connectivity index (χ0) is 36.3. The first kappa shape index (κ1) is 32.4. The van der Waals surface area contributed by atoms with Gasteiger partial charge in [0, 0.05) is 45.4 Å². The van der Waals surface area contributed by atoms with Crippen molar-refractivity contribution in [1.82, 2.24) is 23.9 Å². The van der Waals surface area contributed by atoms with Crippen molar-refractivity contribution in [3.63, 3.8) is 0 Å². The molecule has 2 aliphatic rings. The van der Waals surface area contributed by atoms with Gasteiger partial charge in [0.1, 0.15) is 17.1 Å². The Balaban J connectivity index is 1.08. The molecule has 9 aromatic rings. The predicted octanol–water partition coefficient (Wildman–Crippen LogP) is 13.1. The molecule has 4 aromatic carbocycles. The minimum Gasteiger partial charge on any atom is -0.439 e. The predicted molar refractivity (Wildman–Crippen MR) is 224 cm³/mol. The molecule has 5 aromatic heterocycles. The molecule has 0 unspecified atom stereocenters. The second-order valence-electron chi connectivity index (χ2n) is 15.7. The summed E-state index contributed by atoms with van der Waals surface area (Å²) in [6, 6.07) is 40.9. The van der Waals surface area contributed by atoms with Gasteiger partial charge in [-0.05, 0) is 91.1 Å². The number of benzene rings is 4. The molecule has 0 saturated heterocycles. The average molecular weight is 718 g/mol. The fourth-order valence-corrected chi connectivity index (χ4v) is 9.98. The maximum absolute atomic E-state index is 6.65. The summed E-state index contributed by atoms with van der Waals surface area (Å²) in [4.78, 5) is 15.2. The summed E-state index contributed by atoms with van der Waals surface area (Å²) >= 11 is 0. The molecule has 6 heteroatoms. The van der Waals surface area contributed by atoms with E-state index in [4.69, 9.17) is 19.7 Å². The molecule has 270 valence electrons. The van der Waals surface area contributed by atoms with Gasteiger partial charge in [0.05, 0.1) is 28.4 Å². The summed E-state index contributed by atoms with van der Waals surface area (Å²) in [5.74, 6) is 3.29. The molecule has 0 spiro atoms. The summed E-state index contributed by atoms with van der Waals surface area (Å²) in [5, 5.41) is 4.57. The Labute approximate surface area is 320 Å². The van der Waals surface area contributed by atoms with Crippen LogP contribution < -0.4 is 4.74 Å². The third kappa shape index (κ3) is 5.41. The Kier molecular flexibility index (Phi) is 7.89. The summed E-state index contributed by atoms with van der Waals surface area (Å²) in [6.45, 7) is 0. The second kappa shape index (κ2) is 13.4. The molecule has 55 heavy (non-hydrogen) atoms. The van der Waals surface area contributed by atoms with Gasteiger partial charge in [-0.15, -0.1) is 0 Å². The normalized spacial score (nSPS) is 15.9. The fourth-order valence-electron chi connectivity index (χ4n) is 9.98. The minimum atomic E-state index is 0.541. The van der Waals surface area contributed by atoms with Gasteiger partial charge >= 0.3 is 0 Å². The van der Waals surface area contributed by atoms with Gasteiger partial charge < -0.3 is 4.74 Å². The van der Waals surface area contributed by atoms with Crippen molar-refractivity contribution in [2.75, 3.05) is 0 Å². The average Bonchev–Trinajstić information content (AvgIpc) is 3.84. The Morgan fingerprint density at radius 1 is 0.545 bits per heavy atom. The Hall–Kier alpha value is -6.01. The Morgan fingerprint density at radius 3 is 1.93 bits per heavy atom. The highest BCUT2D eigenvalue weighted by Gasteiger charge is 2.28. The number of nitrogens with zero attached hydrogens (tertiary/aromatic N) is 5. The van der Waals surface area contributed by atoms with Crippen LogP contribution in [0.4, 0.5) is 0 Å². The molecule has 0 radical (unpaired) electrons. The second-order valence-corrected chi connectivity index (χ2v) is 15.7. The molecule has 0 aliphatic heterocycles. The van der Waals surface area contributed by atoms with Crippen LogP contribution in [0.3, 0.4) is 0 Å². The van der Waals surface area contributed by atoms with E-state index in [1.54, 1.807) is 0 Å². The lowest BCUT2D eigenvalue weighted by molar-refractivity contribution is 0.436. The van der Waals surface area contributed by atoms with Crippen LogP contribution in [0.2, 0.25) is 0 Å². The van der Waals surface area contributed by atoms with Gasteiger partial charge in [0.25, 0.3) is 0 Å². The number of rotatable bonds is 6. The third-order valence-corrected chi connectivity index (χ3v) is 12.5. The molecule has 0 amide bonds. The summed E-state index contributed by atoms with van der Waals surface area (Å²) in [5.41, 5.74) is 10.7. The molecule has 0 bridgehead atoms. The van der Waals surface area contributed by atoms with E-state index < -0.39 is 0 Å². The molecular weight excluding hydrogens is 675 g/mol. The zero-order valence-electron chi connectivity index (χ0n) is 31.0. The van der Waals surface area contributed by atoms with Crippen LogP contribution in [-0.2, 0) is 0 Å². The molecule has 2 saturated carbocycles. The molecule has 6 nitrogen and oxygen atoms in total. The smallest absolute Gasteiger partial charge is 0.219 e. The Morgan fingerprint density at radius 2 is 1.20 bits per heavy atom. The van der Waals surface area contributed by atoms with Crippen molar-refractivity contribution in [2.45, 2.75) is 76.0 Å². The van der Waals surface area contributed by atoms with E-state index in [1.807, 2.05) is 36.5 Å². The van der Waals surface area contributed by atoms with Crippen LogP contribution in [0.25, 0.3) is 66.3 Å². The molecule has 0 N–H and O–H groups in total. The highest BCUT2D eigenvalue weighted by molar-refractivity contribution is 6.11. The van der Waals surface area contributed by atoms with Crippen molar-refractivity contribution < 1.29 is 4.74 Å². The van der Waals surface area contributed by atoms with Crippen LogP contribution in [0.15, 0.2) is 128 Å². The van der Waals surface area contributed by atoms with E-state index in [-0.39, 0.29) is 0 Å². The van der Waals surface area contributed by atoms with E-state index in [9.17, 15) is 0 Å². The number of fused-ring (bicyclic) bond motifs is 9. The maximum Gasteiger partial charge on any atom is 0.219 e. The van der Waals surface area contributed by atoms with Crippen molar-refractivity contribution in [2.24, 2.45) is 0 Å². The first-order chi connectivity index (χ1) is 27.3. The lowest BCUT2D eigenvalue weighted by atomic mass is 9.76. The maximum atomic E-state index is 6.65. The van der Waals surface area contributed by atoms with Gasteiger partial charge in [-0.3, -0.25) is 8.97 Å². The van der Waals surface area contributed by atoms with Gasteiger partial charge in [0.2, 0.25) is 5.88 Å². The number of para-hydroxylation sites is 2. The Bertz CT molecular complexity index is 2840. The van der Waals surface area contributed by atoms with Crippen LogP contribution in [0.1, 0.15) is 87.2 Å². The van der Waals surface area contributed by atoms with E-state index in [2.05, 4.69) is 100 Å². The summed E-state index contributed by atoms with van der Waals surface area (Å²) in [7, 11) is 0. The highest BCUT2D eigenvalue weighted by Crippen LogP contribution is 2.46. The molecule has 11 rings (SSSR count). The highest BCUT2D eigenvalue weighted by atomic mass is 16.5. The van der Waals surface area contributed by atoms with E-state index >= 15 is 0 Å². The lowest BCUT2D eigenvalue weighted by Crippen LogP contribution is -2.12. The van der Waals surface area contributed by atoms with Crippen molar-refractivity contribution in [3.05, 3.63) is 139 Å². The molecular formula is C49H43N5O. The third-order valence-electron chi connectivity index (χ3n) is 12.5. The van der Waals surface area contributed by atoms with Crippen LogP contribution >= 0.6 is 0 Å².